The molecule has 1 unspecified atom stereocenters. The molecule has 4 aromatic rings. The number of benzene rings is 3. The minimum absolute atomic E-state index is 0.0253. The molecule has 2 fully saturated rings. The number of hydrogen-bond acceptors (Lipinski definition) is 6. The van der Waals surface area contributed by atoms with Gasteiger partial charge in [0.25, 0.3) is 5.91 Å². The number of carbonyl (C=O) groups excluding carboxylic acids is 1. The predicted octanol–water partition coefficient (Wildman–Crippen LogP) is 8.46. The molecular formula is C37H37ClF6N4O3S. The average Bonchev–Trinajstić information content (AvgIpc) is 3.10. The first-order valence-electron chi connectivity index (χ1n) is 16.9. The summed E-state index contributed by atoms with van der Waals surface area (Å²) in [5.74, 6) is -1.20. The number of likely N-dealkylation sites (tertiary alicyclic amines) is 2. The highest BCUT2D eigenvalue weighted by molar-refractivity contribution is 7.90. The fourth-order valence-electron chi connectivity index (χ4n) is 7.24. The maximum absolute atomic E-state index is 14.6. The number of nitrogens with zero attached hydrogens (tertiary/aromatic N) is 3. The van der Waals surface area contributed by atoms with Crippen molar-refractivity contribution in [2.45, 2.75) is 68.0 Å². The van der Waals surface area contributed by atoms with Crippen molar-refractivity contribution in [2.75, 3.05) is 32.4 Å². The number of aromatic nitrogens is 1. The molecule has 7 nitrogen and oxygen atoms in total. The molecule has 2 aliphatic heterocycles. The molecule has 1 aromatic heterocycles. The minimum Gasteiger partial charge on any atom is -0.337 e. The van der Waals surface area contributed by atoms with Crippen LogP contribution in [0.4, 0.5) is 26.3 Å². The molecular weight excluding hydrogens is 730 g/mol. The molecule has 15 heteroatoms. The van der Waals surface area contributed by atoms with Crippen LogP contribution in [-0.4, -0.2) is 73.8 Å². The first kappa shape index (κ1) is 38.0. The highest BCUT2D eigenvalue weighted by Crippen LogP contribution is 2.39. The highest BCUT2D eigenvalue weighted by Gasteiger charge is 2.43. The number of fused-ring (bicyclic) bond motifs is 1. The quantitative estimate of drug-likeness (QED) is 0.181. The van der Waals surface area contributed by atoms with Crippen molar-refractivity contribution in [1.29, 1.82) is 0 Å². The Morgan fingerprint density at radius 1 is 0.923 bits per heavy atom. The second-order valence-electron chi connectivity index (χ2n) is 13.4. The molecule has 0 bridgehead atoms. The van der Waals surface area contributed by atoms with Gasteiger partial charge in [0.2, 0.25) is 0 Å². The van der Waals surface area contributed by atoms with Crippen LogP contribution in [0.5, 0.6) is 0 Å². The minimum atomic E-state index is -4.94. The molecule has 1 atom stereocenters. The Kier molecular flexibility index (Phi) is 10.9. The van der Waals surface area contributed by atoms with Gasteiger partial charge in [0.15, 0.2) is 15.9 Å². The number of amides is 1. The zero-order valence-corrected chi connectivity index (χ0v) is 29.8. The summed E-state index contributed by atoms with van der Waals surface area (Å²) in [4.78, 5) is 23.2. The number of hydrogen-bond donors (Lipinski definition) is 1. The Morgan fingerprint density at radius 2 is 1.60 bits per heavy atom. The number of nitrogens with one attached hydrogen (secondary N) is 1. The molecule has 0 saturated carbocycles. The van der Waals surface area contributed by atoms with E-state index < -0.39 is 39.7 Å². The first-order chi connectivity index (χ1) is 24.5. The molecule has 0 radical (unpaired) electrons. The number of sulfone groups is 1. The van der Waals surface area contributed by atoms with Crippen LogP contribution in [0.25, 0.3) is 22.2 Å². The number of halogens is 7. The molecule has 278 valence electrons. The van der Waals surface area contributed by atoms with Gasteiger partial charge in [0.1, 0.15) is 0 Å². The second-order valence-corrected chi connectivity index (χ2v) is 15.8. The fourth-order valence-corrected chi connectivity index (χ4v) is 8.56. The van der Waals surface area contributed by atoms with Crippen LogP contribution >= 0.6 is 11.6 Å². The van der Waals surface area contributed by atoms with E-state index in [1.165, 1.54) is 48.9 Å². The van der Waals surface area contributed by atoms with E-state index >= 15 is 0 Å². The van der Waals surface area contributed by atoms with E-state index in [0.29, 0.717) is 19.1 Å². The van der Waals surface area contributed by atoms with E-state index in [4.69, 9.17) is 11.6 Å². The summed E-state index contributed by atoms with van der Waals surface area (Å²) in [5, 5.41) is 1.74. The zero-order chi connectivity index (χ0) is 37.4. The summed E-state index contributed by atoms with van der Waals surface area (Å²) >= 11 is 6.37. The molecule has 0 aliphatic carbocycles. The third-order valence-corrected chi connectivity index (χ3v) is 11.4. The Bertz CT molecular complexity index is 2050. The van der Waals surface area contributed by atoms with E-state index in [2.05, 4.69) is 15.2 Å². The smallest absolute Gasteiger partial charge is 0.337 e. The molecule has 1 amide bonds. The number of alkyl halides is 6. The van der Waals surface area contributed by atoms with Crippen molar-refractivity contribution in [3.05, 3.63) is 94.0 Å². The summed E-state index contributed by atoms with van der Waals surface area (Å²) in [6.07, 6.45) is -3.81. The van der Waals surface area contributed by atoms with Crippen LogP contribution in [-0.2, 0) is 22.6 Å². The van der Waals surface area contributed by atoms with Crippen molar-refractivity contribution < 1.29 is 39.6 Å². The lowest BCUT2D eigenvalue weighted by Crippen LogP contribution is -2.46. The van der Waals surface area contributed by atoms with Gasteiger partial charge in [-0.3, -0.25) is 9.69 Å². The standard InChI is InChI=1S/C37H37ClF6N4O3S/c1-52(50,51)31-20-27-30(21-29(31)38)45-33(24-11-8-12-25(19-24)36(39,40)41)28(22-47-17-13-26(14-18-47)48-15-6-3-7-16-48)32(27)35(49)46-34(37(42,43)44)23-9-4-2-5-10-23/h2,4-5,8-12,19-21,26,34H,3,6-7,13-18,22H2,1H3,(H,46,49). The third kappa shape index (κ3) is 8.40. The summed E-state index contributed by atoms with van der Waals surface area (Å²) in [7, 11) is -4.01. The zero-order valence-electron chi connectivity index (χ0n) is 28.2. The average molecular weight is 767 g/mol. The molecule has 3 aromatic carbocycles. The van der Waals surface area contributed by atoms with Crippen molar-refractivity contribution in [2.24, 2.45) is 0 Å². The lowest BCUT2D eigenvalue weighted by atomic mass is 9.93. The normalized spacial score (nSPS) is 17.7. The summed E-state index contributed by atoms with van der Waals surface area (Å²) < 4.78 is 111. The molecule has 2 aliphatic rings. The number of carbonyl (C=O) groups is 1. The van der Waals surface area contributed by atoms with Gasteiger partial charge in [-0.2, -0.15) is 26.3 Å². The summed E-state index contributed by atoms with van der Waals surface area (Å²) in [6.45, 7) is 3.04. The van der Waals surface area contributed by atoms with Gasteiger partial charge in [0, 0.05) is 35.4 Å². The SMILES string of the molecule is CS(=O)(=O)c1cc2c(C(=O)NC(c3ccccc3)C(F)(F)F)c(CN3CCC(N4CCCCC4)CC3)c(-c3cccc(C(F)(F)F)c3)nc2cc1Cl. The van der Waals surface area contributed by atoms with Crippen molar-refractivity contribution in [3.63, 3.8) is 0 Å². The summed E-state index contributed by atoms with van der Waals surface area (Å²) in [5.41, 5.74) is -1.67. The largest absolute Gasteiger partial charge is 0.416 e. The molecule has 2 saturated heterocycles. The predicted molar refractivity (Wildman–Crippen MR) is 187 cm³/mol. The van der Waals surface area contributed by atoms with E-state index in [-0.39, 0.29) is 55.3 Å². The first-order valence-corrected chi connectivity index (χ1v) is 19.2. The van der Waals surface area contributed by atoms with E-state index in [1.807, 2.05) is 4.90 Å². The van der Waals surface area contributed by atoms with Crippen LogP contribution < -0.4 is 5.32 Å². The van der Waals surface area contributed by atoms with Crippen molar-refractivity contribution >= 4 is 38.2 Å². The maximum atomic E-state index is 14.6. The van der Waals surface area contributed by atoms with Gasteiger partial charge in [-0.25, -0.2) is 13.4 Å². The van der Waals surface area contributed by atoms with Crippen molar-refractivity contribution in [3.8, 4) is 11.3 Å². The van der Waals surface area contributed by atoms with Gasteiger partial charge >= 0.3 is 12.4 Å². The Balaban J connectivity index is 1.54. The van der Waals surface area contributed by atoms with E-state index in [1.54, 1.807) is 0 Å². The van der Waals surface area contributed by atoms with Gasteiger partial charge in [-0.05, 0) is 81.7 Å². The van der Waals surface area contributed by atoms with Crippen LogP contribution in [0.15, 0.2) is 71.6 Å². The molecule has 0 spiro atoms. The van der Waals surface area contributed by atoms with Gasteiger partial charge in [-0.15, -0.1) is 0 Å². The Labute approximate surface area is 302 Å². The highest BCUT2D eigenvalue weighted by atomic mass is 35.5. The molecule has 1 N–H and O–H groups in total. The Hall–Kier alpha value is -3.72. The lowest BCUT2D eigenvalue weighted by Gasteiger charge is -2.40. The second kappa shape index (κ2) is 15.0. The number of rotatable bonds is 8. The van der Waals surface area contributed by atoms with Gasteiger partial charge in [0.05, 0.1) is 32.3 Å². The van der Waals surface area contributed by atoms with Crippen LogP contribution in [0.3, 0.4) is 0 Å². The maximum Gasteiger partial charge on any atom is 0.416 e. The third-order valence-electron chi connectivity index (χ3n) is 9.81. The Morgan fingerprint density at radius 3 is 2.21 bits per heavy atom. The van der Waals surface area contributed by atoms with Crippen LogP contribution in [0, 0.1) is 0 Å². The summed E-state index contributed by atoms with van der Waals surface area (Å²) in [6, 6.07) is 11.2. The number of pyridine rings is 1. The number of piperidine rings is 2. The molecule has 52 heavy (non-hydrogen) atoms. The topological polar surface area (TPSA) is 82.6 Å². The van der Waals surface area contributed by atoms with E-state index in [9.17, 15) is 39.6 Å². The lowest BCUT2D eigenvalue weighted by molar-refractivity contribution is -0.155. The van der Waals surface area contributed by atoms with Crippen molar-refractivity contribution in [1.82, 2.24) is 20.1 Å². The van der Waals surface area contributed by atoms with Gasteiger partial charge in [-0.1, -0.05) is 60.5 Å². The van der Waals surface area contributed by atoms with Crippen LogP contribution in [0.2, 0.25) is 5.02 Å². The molecule has 3 heterocycles. The van der Waals surface area contributed by atoms with E-state index in [0.717, 1.165) is 69.3 Å². The van der Waals surface area contributed by atoms with Gasteiger partial charge < -0.3 is 10.2 Å². The fraction of sp³-hybridized carbons (Fsp3) is 0.405. The monoisotopic (exact) mass is 766 g/mol. The molecule has 6 rings (SSSR count). The van der Waals surface area contributed by atoms with Crippen LogP contribution in [0.1, 0.15) is 65.2 Å².